The normalized spacial score (nSPS) is 30.2. The van der Waals surface area contributed by atoms with Gasteiger partial charge in [-0.15, -0.1) is 0 Å². The Balaban J connectivity index is 1.78. The standard InChI is InChI=1S/C12H22BrN/c13-8-7-12-6-1-2-9-14(12)10-11-4-3-5-11/h11-12H,1-10H2. The summed E-state index contributed by atoms with van der Waals surface area (Å²) >= 11 is 3.58. The van der Waals surface area contributed by atoms with Crippen molar-refractivity contribution in [2.75, 3.05) is 18.4 Å². The van der Waals surface area contributed by atoms with Crippen molar-refractivity contribution in [3.8, 4) is 0 Å². The van der Waals surface area contributed by atoms with Crippen molar-refractivity contribution in [2.45, 2.75) is 51.0 Å². The van der Waals surface area contributed by atoms with E-state index in [4.69, 9.17) is 0 Å². The molecule has 1 nitrogen and oxygen atoms in total. The number of rotatable bonds is 4. The van der Waals surface area contributed by atoms with Crippen LogP contribution in [0.25, 0.3) is 0 Å². The smallest absolute Gasteiger partial charge is 0.0103 e. The monoisotopic (exact) mass is 259 g/mol. The van der Waals surface area contributed by atoms with Crippen LogP contribution in [-0.4, -0.2) is 29.4 Å². The fourth-order valence-corrected chi connectivity index (χ4v) is 3.29. The molecule has 2 rings (SSSR count). The minimum Gasteiger partial charge on any atom is -0.300 e. The van der Waals surface area contributed by atoms with E-state index in [1.165, 1.54) is 63.4 Å². The first-order valence-electron chi connectivity index (χ1n) is 6.20. The molecule has 0 amide bonds. The fraction of sp³-hybridized carbons (Fsp3) is 1.00. The molecule has 0 radical (unpaired) electrons. The average molecular weight is 260 g/mol. The van der Waals surface area contributed by atoms with Crippen LogP contribution in [0.2, 0.25) is 0 Å². The molecule has 2 fully saturated rings. The predicted octanol–water partition coefficient (Wildman–Crippen LogP) is 3.43. The summed E-state index contributed by atoms with van der Waals surface area (Å²) in [5, 5.41) is 1.18. The van der Waals surface area contributed by atoms with Gasteiger partial charge in [-0.05, 0) is 44.6 Å². The number of halogens is 1. The molecule has 0 N–H and O–H groups in total. The van der Waals surface area contributed by atoms with Gasteiger partial charge in [-0.1, -0.05) is 28.8 Å². The highest BCUT2D eigenvalue weighted by atomic mass is 79.9. The molecule has 0 aromatic carbocycles. The summed E-state index contributed by atoms with van der Waals surface area (Å²) in [6.45, 7) is 2.77. The van der Waals surface area contributed by atoms with Gasteiger partial charge in [-0.25, -0.2) is 0 Å². The van der Waals surface area contributed by atoms with Gasteiger partial charge >= 0.3 is 0 Å². The lowest BCUT2D eigenvalue weighted by Gasteiger charge is -2.40. The van der Waals surface area contributed by atoms with Gasteiger partial charge in [0.2, 0.25) is 0 Å². The third kappa shape index (κ3) is 2.73. The topological polar surface area (TPSA) is 3.24 Å². The SMILES string of the molecule is BrCCC1CCCCN1CC1CCC1. The highest BCUT2D eigenvalue weighted by Gasteiger charge is 2.26. The summed E-state index contributed by atoms with van der Waals surface area (Å²) in [6.07, 6.45) is 10.2. The van der Waals surface area contributed by atoms with Gasteiger partial charge in [0.25, 0.3) is 0 Å². The summed E-state index contributed by atoms with van der Waals surface area (Å²) in [5.74, 6) is 1.05. The molecule has 0 aromatic heterocycles. The highest BCUT2D eigenvalue weighted by Crippen LogP contribution is 2.30. The number of likely N-dealkylation sites (tertiary alicyclic amines) is 1. The Morgan fingerprint density at radius 1 is 1.07 bits per heavy atom. The minimum atomic E-state index is 0.892. The molecular weight excluding hydrogens is 238 g/mol. The van der Waals surface area contributed by atoms with Crippen molar-refractivity contribution in [2.24, 2.45) is 5.92 Å². The molecule has 2 heteroatoms. The molecule has 1 aliphatic heterocycles. The van der Waals surface area contributed by atoms with Gasteiger partial charge in [0.1, 0.15) is 0 Å². The molecule has 1 saturated heterocycles. The van der Waals surface area contributed by atoms with E-state index in [0.29, 0.717) is 0 Å². The van der Waals surface area contributed by atoms with E-state index >= 15 is 0 Å². The number of hydrogen-bond acceptors (Lipinski definition) is 1. The van der Waals surface area contributed by atoms with Crippen LogP contribution in [0.4, 0.5) is 0 Å². The first kappa shape index (κ1) is 10.9. The first-order chi connectivity index (χ1) is 6.90. The Kier molecular flexibility index (Phi) is 4.30. The van der Waals surface area contributed by atoms with E-state index in [9.17, 15) is 0 Å². The molecule has 0 aromatic rings. The van der Waals surface area contributed by atoms with E-state index in [-0.39, 0.29) is 0 Å². The largest absolute Gasteiger partial charge is 0.300 e. The van der Waals surface area contributed by atoms with Crippen LogP contribution in [0.5, 0.6) is 0 Å². The Morgan fingerprint density at radius 2 is 1.93 bits per heavy atom. The first-order valence-corrected chi connectivity index (χ1v) is 7.32. The zero-order valence-corrected chi connectivity index (χ0v) is 10.6. The van der Waals surface area contributed by atoms with Gasteiger partial charge in [-0.3, -0.25) is 0 Å². The average Bonchev–Trinajstić information content (AvgIpc) is 2.14. The molecule has 0 bridgehead atoms. The van der Waals surface area contributed by atoms with Crippen LogP contribution in [0, 0.1) is 5.92 Å². The Hall–Kier alpha value is 0.440. The maximum absolute atomic E-state index is 3.58. The molecule has 14 heavy (non-hydrogen) atoms. The second kappa shape index (κ2) is 5.50. The van der Waals surface area contributed by atoms with Crippen molar-refractivity contribution in [3.63, 3.8) is 0 Å². The molecule has 82 valence electrons. The van der Waals surface area contributed by atoms with Gasteiger partial charge in [-0.2, -0.15) is 0 Å². The second-order valence-electron chi connectivity index (χ2n) is 4.92. The molecule has 1 unspecified atom stereocenters. The Labute approximate surface area is 96.4 Å². The third-order valence-corrected chi connectivity index (χ3v) is 4.37. The number of piperidine rings is 1. The van der Waals surface area contributed by atoms with Gasteiger partial charge in [0, 0.05) is 17.9 Å². The molecule has 2 aliphatic rings. The van der Waals surface area contributed by atoms with E-state index in [1.54, 1.807) is 0 Å². The third-order valence-electron chi connectivity index (χ3n) is 3.91. The lowest BCUT2D eigenvalue weighted by atomic mass is 9.84. The lowest BCUT2D eigenvalue weighted by Crippen LogP contribution is -2.43. The summed E-state index contributed by atoms with van der Waals surface area (Å²) in [5.41, 5.74) is 0. The van der Waals surface area contributed by atoms with Gasteiger partial charge in [0.05, 0.1) is 0 Å². The van der Waals surface area contributed by atoms with Crippen LogP contribution in [-0.2, 0) is 0 Å². The van der Waals surface area contributed by atoms with Crippen LogP contribution < -0.4 is 0 Å². The molecular formula is C12H22BrN. The zero-order chi connectivity index (χ0) is 9.80. The number of nitrogens with zero attached hydrogens (tertiary/aromatic N) is 1. The van der Waals surface area contributed by atoms with E-state index < -0.39 is 0 Å². The molecule has 1 saturated carbocycles. The maximum Gasteiger partial charge on any atom is 0.0103 e. The minimum absolute atomic E-state index is 0.892. The van der Waals surface area contributed by atoms with E-state index in [1.807, 2.05) is 0 Å². The van der Waals surface area contributed by atoms with Crippen molar-refractivity contribution < 1.29 is 0 Å². The number of alkyl halides is 1. The Bertz CT molecular complexity index is 166. The molecule has 1 aliphatic carbocycles. The molecule has 1 heterocycles. The van der Waals surface area contributed by atoms with E-state index in [2.05, 4.69) is 20.8 Å². The predicted molar refractivity (Wildman–Crippen MR) is 65.0 cm³/mol. The molecule has 0 spiro atoms. The van der Waals surface area contributed by atoms with Crippen molar-refractivity contribution in [1.29, 1.82) is 0 Å². The highest BCUT2D eigenvalue weighted by molar-refractivity contribution is 9.09. The van der Waals surface area contributed by atoms with Crippen LogP contribution >= 0.6 is 15.9 Å². The van der Waals surface area contributed by atoms with Crippen molar-refractivity contribution in [1.82, 2.24) is 4.90 Å². The van der Waals surface area contributed by atoms with Crippen LogP contribution in [0.15, 0.2) is 0 Å². The van der Waals surface area contributed by atoms with E-state index in [0.717, 1.165) is 12.0 Å². The molecule has 1 atom stereocenters. The fourth-order valence-electron chi connectivity index (χ4n) is 2.76. The number of hydrogen-bond donors (Lipinski definition) is 0. The summed E-state index contributed by atoms with van der Waals surface area (Å²) in [7, 11) is 0. The summed E-state index contributed by atoms with van der Waals surface area (Å²) in [6, 6.07) is 0.892. The van der Waals surface area contributed by atoms with Gasteiger partial charge < -0.3 is 4.90 Å². The summed E-state index contributed by atoms with van der Waals surface area (Å²) < 4.78 is 0. The Morgan fingerprint density at radius 3 is 2.57 bits per heavy atom. The maximum atomic E-state index is 3.58. The van der Waals surface area contributed by atoms with Crippen LogP contribution in [0.3, 0.4) is 0 Å². The quantitative estimate of drug-likeness (QED) is 0.700. The van der Waals surface area contributed by atoms with Gasteiger partial charge in [0.15, 0.2) is 0 Å². The summed E-state index contributed by atoms with van der Waals surface area (Å²) in [4.78, 5) is 2.77. The van der Waals surface area contributed by atoms with Crippen molar-refractivity contribution >= 4 is 15.9 Å². The zero-order valence-electron chi connectivity index (χ0n) is 9.05. The van der Waals surface area contributed by atoms with Crippen molar-refractivity contribution in [3.05, 3.63) is 0 Å². The lowest BCUT2D eigenvalue weighted by molar-refractivity contribution is 0.0990. The van der Waals surface area contributed by atoms with Crippen LogP contribution in [0.1, 0.15) is 44.9 Å². The second-order valence-corrected chi connectivity index (χ2v) is 5.71.